The number of amides is 1. The number of aryl methyl sites for hydroxylation is 2. The van der Waals surface area contributed by atoms with Gasteiger partial charge in [-0.25, -0.2) is 0 Å². The highest BCUT2D eigenvalue weighted by molar-refractivity contribution is 5.78. The van der Waals surface area contributed by atoms with Crippen LogP contribution in [0.15, 0.2) is 48.5 Å². The van der Waals surface area contributed by atoms with E-state index in [1.807, 2.05) is 31.2 Å². The molecule has 1 atom stereocenters. The van der Waals surface area contributed by atoms with Crippen molar-refractivity contribution in [2.75, 3.05) is 39.5 Å². The van der Waals surface area contributed by atoms with E-state index < -0.39 is 0 Å². The summed E-state index contributed by atoms with van der Waals surface area (Å²) in [6.07, 6.45) is 0. The Hall–Kier alpha value is -2.37. The molecule has 2 aromatic rings. The number of carbonyl (C=O) groups excluding carboxylic acids is 1. The van der Waals surface area contributed by atoms with Gasteiger partial charge in [0.05, 0.1) is 19.3 Å². The summed E-state index contributed by atoms with van der Waals surface area (Å²) in [4.78, 5) is 14.9. The summed E-state index contributed by atoms with van der Waals surface area (Å²) in [5.74, 6) is 0.629. The second-order valence-electron chi connectivity index (χ2n) is 7.00. The Labute approximate surface area is 161 Å². The van der Waals surface area contributed by atoms with E-state index in [9.17, 15) is 4.79 Å². The van der Waals surface area contributed by atoms with Crippen LogP contribution in [0.5, 0.6) is 5.75 Å². The number of nitrogens with one attached hydrogen (secondary N) is 1. The molecule has 1 unspecified atom stereocenters. The number of morpholine rings is 1. The molecule has 27 heavy (non-hydrogen) atoms. The average Bonchev–Trinajstić information content (AvgIpc) is 2.68. The first kappa shape index (κ1) is 19.4. The molecule has 0 spiro atoms. The van der Waals surface area contributed by atoms with Crippen molar-refractivity contribution < 1.29 is 14.3 Å². The number of carbonyl (C=O) groups is 1. The van der Waals surface area contributed by atoms with Crippen LogP contribution in [0.25, 0.3) is 0 Å². The summed E-state index contributed by atoms with van der Waals surface area (Å²) >= 11 is 0. The minimum absolute atomic E-state index is 0.0102. The maximum atomic E-state index is 12.5. The Kier molecular flexibility index (Phi) is 6.85. The zero-order valence-electron chi connectivity index (χ0n) is 16.1. The van der Waals surface area contributed by atoms with Gasteiger partial charge in [0.2, 0.25) is 0 Å². The van der Waals surface area contributed by atoms with Gasteiger partial charge in [-0.3, -0.25) is 9.69 Å². The summed E-state index contributed by atoms with van der Waals surface area (Å²) in [6, 6.07) is 16.0. The molecule has 1 N–H and O–H groups in total. The predicted molar refractivity (Wildman–Crippen MR) is 106 cm³/mol. The largest absolute Gasteiger partial charge is 0.484 e. The standard InChI is InChI=1S/C22H28N2O3/c1-17-7-9-19(10-8-17)20(15-24-11-13-26-14-12-24)23-22(25)16-27-21-6-4-3-5-18(21)2/h3-10,20H,11-16H2,1-2H3,(H,23,25). The van der Waals surface area contributed by atoms with Crippen molar-refractivity contribution in [1.29, 1.82) is 0 Å². The lowest BCUT2D eigenvalue weighted by molar-refractivity contribution is -0.124. The van der Waals surface area contributed by atoms with E-state index in [-0.39, 0.29) is 18.6 Å². The molecule has 1 aliphatic rings. The fraction of sp³-hybridized carbons (Fsp3) is 0.409. The van der Waals surface area contributed by atoms with Gasteiger partial charge in [0.15, 0.2) is 6.61 Å². The molecule has 0 radical (unpaired) electrons. The third kappa shape index (κ3) is 5.81. The maximum absolute atomic E-state index is 12.5. The smallest absolute Gasteiger partial charge is 0.258 e. The van der Waals surface area contributed by atoms with E-state index in [2.05, 4.69) is 41.4 Å². The van der Waals surface area contributed by atoms with Crippen molar-refractivity contribution in [3.63, 3.8) is 0 Å². The average molecular weight is 368 g/mol. The summed E-state index contributed by atoms with van der Waals surface area (Å²) < 4.78 is 11.1. The third-order valence-electron chi connectivity index (χ3n) is 4.81. The fourth-order valence-corrected chi connectivity index (χ4v) is 3.17. The lowest BCUT2D eigenvalue weighted by Crippen LogP contribution is -2.44. The van der Waals surface area contributed by atoms with Crippen molar-refractivity contribution in [2.45, 2.75) is 19.9 Å². The predicted octanol–water partition coefficient (Wildman–Crippen LogP) is 2.87. The van der Waals surface area contributed by atoms with Gasteiger partial charge in [-0.1, -0.05) is 48.0 Å². The molecule has 1 heterocycles. The van der Waals surface area contributed by atoms with E-state index in [0.717, 1.165) is 49.7 Å². The second kappa shape index (κ2) is 9.53. The van der Waals surface area contributed by atoms with E-state index >= 15 is 0 Å². The number of rotatable bonds is 7. The van der Waals surface area contributed by atoms with Gasteiger partial charge in [-0.2, -0.15) is 0 Å². The molecule has 0 bridgehead atoms. The monoisotopic (exact) mass is 368 g/mol. The van der Waals surface area contributed by atoms with Crippen molar-refractivity contribution in [3.05, 3.63) is 65.2 Å². The molecule has 0 aromatic heterocycles. The first-order valence-electron chi connectivity index (χ1n) is 9.46. The minimum atomic E-state index is -0.114. The number of hydrogen-bond donors (Lipinski definition) is 1. The van der Waals surface area contributed by atoms with Crippen molar-refractivity contribution in [1.82, 2.24) is 10.2 Å². The van der Waals surface area contributed by atoms with Gasteiger partial charge < -0.3 is 14.8 Å². The van der Waals surface area contributed by atoms with Gasteiger partial charge in [0.25, 0.3) is 5.91 Å². The molecular weight excluding hydrogens is 340 g/mol. The molecule has 2 aromatic carbocycles. The number of benzene rings is 2. The molecule has 0 saturated carbocycles. The van der Waals surface area contributed by atoms with Gasteiger partial charge in [-0.15, -0.1) is 0 Å². The maximum Gasteiger partial charge on any atom is 0.258 e. The Morgan fingerprint density at radius 1 is 1.11 bits per heavy atom. The van der Waals surface area contributed by atoms with Gasteiger partial charge in [0.1, 0.15) is 5.75 Å². The highest BCUT2D eigenvalue weighted by Crippen LogP contribution is 2.18. The van der Waals surface area contributed by atoms with Crippen LogP contribution in [0.4, 0.5) is 0 Å². The van der Waals surface area contributed by atoms with Gasteiger partial charge in [0, 0.05) is 19.6 Å². The SMILES string of the molecule is Cc1ccc(C(CN2CCOCC2)NC(=O)COc2ccccc2C)cc1. The van der Waals surface area contributed by atoms with Crippen molar-refractivity contribution >= 4 is 5.91 Å². The lowest BCUT2D eigenvalue weighted by atomic mass is 10.0. The Morgan fingerprint density at radius 2 is 1.81 bits per heavy atom. The number of nitrogens with zero attached hydrogens (tertiary/aromatic N) is 1. The summed E-state index contributed by atoms with van der Waals surface area (Å²) in [5, 5.41) is 3.14. The molecule has 1 saturated heterocycles. The molecule has 1 aliphatic heterocycles. The van der Waals surface area contributed by atoms with Gasteiger partial charge in [-0.05, 0) is 31.0 Å². The van der Waals surface area contributed by atoms with Crippen LogP contribution in [0.3, 0.4) is 0 Å². The molecule has 5 heteroatoms. The molecule has 3 rings (SSSR count). The van der Waals surface area contributed by atoms with E-state index in [1.165, 1.54) is 5.56 Å². The molecular formula is C22H28N2O3. The molecule has 5 nitrogen and oxygen atoms in total. The first-order chi connectivity index (χ1) is 13.1. The number of para-hydroxylation sites is 1. The van der Waals surface area contributed by atoms with Crippen LogP contribution in [-0.4, -0.2) is 50.3 Å². The quantitative estimate of drug-likeness (QED) is 0.817. The molecule has 1 amide bonds. The highest BCUT2D eigenvalue weighted by Gasteiger charge is 2.20. The van der Waals surface area contributed by atoms with Gasteiger partial charge >= 0.3 is 0 Å². The Morgan fingerprint density at radius 3 is 2.52 bits per heavy atom. The summed E-state index contributed by atoms with van der Waals surface area (Å²) in [7, 11) is 0. The topological polar surface area (TPSA) is 50.8 Å². The Bertz CT molecular complexity index is 739. The number of ether oxygens (including phenoxy) is 2. The van der Waals surface area contributed by atoms with Crippen molar-refractivity contribution in [3.8, 4) is 5.75 Å². The van der Waals surface area contributed by atoms with E-state index in [4.69, 9.17) is 9.47 Å². The van der Waals surface area contributed by atoms with Crippen LogP contribution in [0, 0.1) is 13.8 Å². The minimum Gasteiger partial charge on any atom is -0.484 e. The fourth-order valence-electron chi connectivity index (χ4n) is 3.17. The normalized spacial score (nSPS) is 15.9. The zero-order valence-corrected chi connectivity index (χ0v) is 16.1. The third-order valence-corrected chi connectivity index (χ3v) is 4.81. The summed E-state index contributed by atoms with van der Waals surface area (Å²) in [5.41, 5.74) is 3.34. The zero-order chi connectivity index (χ0) is 19.1. The number of hydrogen-bond acceptors (Lipinski definition) is 4. The summed E-state index contributed by atoms with van der Waals surface area (Å²) in [6.45, 7) is 8.07. The van der Waals surface area contributed by atoms with Crippen LogP contribution >= 0.6 is 0 Å². The molecule has 1 fully saturated rings. The Balaban J connectivity index is 1.63. The van der Waals surface area contributed by atoms with E-state index in [0.29, 0.717) is 0 Å². The molecule has 0 aliphatic carbocycles. The van der Waals surface area contributed by atoms with Crippen LogP contribution in [0.1, 0.15) is 22.7 Å². The van der Waals surface area contributed by atoms with E-state index in [1.54, 1.807) is 0 Å². The highest BCUT2D eigenvalue weighted by atomic mass is 16.5. The van der Waals surface area contributed by atoms with Crippen molar-refractivity contribution in [2.24, 2.45) is 0 Å². The van der Waals surface area contributed by atoms with Crippen LogP contribution in [-0.2, 0) is 9.53 Å². The lowest BCUT2D eigenvalue weighted by Gasteiger charge is -2.31. The first-order valence-corrected chi connectivity index (χ1v) is 9.46. The van der Waals surface area contributed by atoms with Crippen LogP contribution < -0.4 is 10.1 Å². The van der Waals surface area contributed by atoms with Crippen LogP contribution in [0.2, 0.25) is 0 Å². The second-order valence-corrected chi connectivity index (χ2v) is 7.00. The molecule has 144 valence electrons.